The number of esters is 1. The number of methoxy groups -OCH3 is 1. The third-order valence-electron chi connectivity index (χ3n) is 2.77. The van der Waals surface area contributed by atoms with E-state index < -0.39 is 17.7 Å². The summed E-state index contributed by atoms with van der Waals surface area (Å²) in [5.74, 6) is -2.38. The molecule has 0 radical (unpaired) electrons. The Morgan fingerprint density at radius 2 is 2.00 bits per heavy atom. The molecule has 0 spiro atoms. The lowest BCUT2D eigenvalue weighted by Crippen LogP contribution is -2.40. The number of ether oxygens (including phenoxy) is 1. The maximum absolute atomic E-state index is 12.1. The first-order valence-electron chi connectivity index (χ1n) is 5.42. The van der Waals surface area contributed by atoms with Gasteiger partial charge in [-0.2, -0.15) is 0 Å². The molecule has 0 aromatic carbocycles. The Kier molecular flexibility index (Phi) is 4.04. The van der Waals surface area contributed by atoms with Gasteiger partial charge in [0.2, 0.25) is 0 Å². The van der Waals surface area contributed by atoms with Crippen molar-refractivity contribution in [3.8, 4) is 0 Å². The SMILES string of the molecule is COC(=O)C1C(=O)/C(=C\N(C)C)C(=O)CC1C. The maximum atomic E-state index is 12.1. The van der Waals surface area contributed by atoms with Crippen molar-refractivity contribution in [2.75, 3.05) is 21.2 Å². The number of allylic oxidation sites excluding steroid dienone is 1. The Labute approximate surface area is 100 Å². The van der Waals surface area contributed by atoms with E-state index in [1.54, 1.807) is 25.9 Å². The van der Waals surface area contributed by atoms with Gasteiger partial charge in [-0.1, -0.05) is 6.92 Å². The topological polar surface area (TPSA) is 63.7 Å². The van der Waals surface area contributed by atoms with Crippen LogP contribution in [0.1, 0.15) is 13.3 Å². The molecule has 2 unspecified atom stereocenters. The van der Waals surface area contributed by atoms with Gasteiger partial charge in [-0.3, -0.25) is 14.4 Å². The summed E-state index contributed by atoms with van der Waals surface area (Å²) in [6, 6.07) is 0. The summed E-state index contributed by atoms with van der Waals surface area (Å²) in [5, 5.41) is 0. The predicted molar refractivity (Wildman–Crippen MR) is 61.1 cm³/mol. The van der Waals surface area contributed by atoms with Crippen molar-refractivity contribution in [1.82, 2.24) is 4.90 Å². The normalized spacial score (nSPS) is 27.2. The highest BCUT2D eigenvalue weighted by atomic mass is 16.5. The Morgan fingerprint density at radius 3 is 2.47 bits per heavy atom. The molecule has 94 valence electrons. The molecule has 0 N–H and O–H groups in total. The van der Waals surface area contributed by atoms with Crippen LogP contribution in [0.2, 0.25) is 0 Å². The van der Waals surface area contributed by atoms with Crippen LogP contribution in [-0.4, -0.2) is 43.6 Å². The minimum absolute atomic E-state index is 0.0866. The van der Waals surface area contributed by atoms with Gasteiger partial charge in [-0.25, -0.2) is 0 Å². The van der Waals surface area contributed by atoms with E-state index in [9.17, 15) is 14.4 Å². The molecular formula is C12H17NO4. The van der Waals surface area contributed by atoms with Crippen LogP contribution in [0.5, 0.6) is 0 Å². The number of hydrogen-bond donors (Lipinski definition) is 0. The fourth-order valence-electron chi connectivity index (χ4n) is 1.94. The molecule has 1 aliphatic rings. The van der Waals surface area contributed by atoms with Crippen LogP contribution in [0, 0.1) is 11.8 Å². The van der Waals surface area contributed by atoms with Gasteiger partial charge < -0.3 is 9.64 Å². The lowest BCUT2D eigenvalue weighted by atomic mass is 9.76. The average molecular weight is 239 g/mol. The largest absolute Gasteiger partial charge is 0.468 e. The van der Waals surface area contributed by atoms with Crippen molar-refractivity contribution in [2.24, 2.45) is 11.8 Å². The Bertz CT molecular complexity index is 384. The fraction of sp³-hybridized carbons (Fsp3) is 0.583. The van der Waals surface area contributed by atoms with Gasteiger partial charge in [0.15, 0.2) is 11.6 Å². The molecule has 5 nitrogen and oxygen atoms in total. The first kappa shape index (κ1) is 13.4. The minimum atomic E-state index is -0.858. The zero-order valence-corrected chi connectivity index (χ0v) is 10.5. The number of rotatable bonds is 2. The van der Waals surface area contributed by atoms with Crippen LogP contribution in [0.15, 0.2) is 11.8 Å². The molecule has 0 aromatic heterocycles. The molecule has 5 heteroatoms. The summed E-state index contributed by atoms with van der Waals surface area (Å²) in [6.07, 6.45) is 1.66. The zero-order chi connectivity index (χ0) is 13.2. The Morgan fingerprint density at radius 1 is 1.41 bits per heavy atom. The Hall–Kier alpha value is -1.65. The van der Waals surface area contributed by atoms with E-state index in [0.717, 1.165) is 0 Å². The second kappa shape index (κ2) is 5.12. The summed E-state index contributed by atoms with van der Waals surface area (Å²) >= 11 is 0. The van der Waals surface area contributed by atoms with Crippen LogP contribution >= 0.6 is 0 Å². The second-order valence-electron chi connectivity index (χ2n) is 4.48. The molecule has 0 bridgehead atoms. The van der Waals surface area contributed by atoms with E-state index in [1.807, 2.05) is 0 Å². The van der Waals surface area contributed by atoms with Crippen molar-refractivity contribution in [1.29, 1.82) is 0 Å². The number of carbonyl (C=O) groups excluding carboxylic acids is 3. The zero-order valence-electron chi connectivity index (χ0n) is 10.5. The van der Waals surface area contributed by atoms with E-state index >= 15 is 0 Å². The van der Waals surface area contributed by atoms with E-state index in [-0.39, 0.29) is 23.7 Å². The van der Waals surface area contributed by atoms with Gasteiger partial charge in [0, 0.05) is 26.7 Å². The molecule has 17 heavy (non-hydrogen) atoms. The molecule has 0 heterocycles. The molecule has 0 saturated heterocycles. The molecule has 0 aliphatic heterocycles. The molecule has 1 aliphatic carbocycles. The van der Waals surface area contributed by atoms with E-state index in [1.165, 1.54) is 13.3 Å². The lowest BCUT2D eigenvalue weighted by Gasteiger charge is -2.26. The van der Waals surface area contributed by atoms with Crippen LogP contribution in [0.25, 0.3) is 0 Å². The van der Waals surface area contributed by atoms with Crippen LogP contribution in [0.3, 0.4) is 0 Å². The molecule has 2 atom stereocenters. The number of carbonyl (C=O) groups is 3. The summed E-state index contributed by atoms with van der Waals surface area (Å²) in [5.41, 5.74) is 0.0866. The van der Waals surface area contributed by atoms with E-state index in [0.29, 0.717) is 0 Å². The van der Waals surface area contributed by atoms with Crippen LogP contribution < -0.4 is 0 Å². The molecule has 1 fully saturated rings. The minimum Gasteiger partial charge on any atom is -0.468 e. The summed E-state index contributed by atoms with van der Waals surface area (Å²) in [7, 11) is 4.69. The van der Waals surface area contributed by atoms with Crippen LogP contribution in [0.4, 0.5) is 0 Å². The molecule has 1 saturated carbocycles. The van der Waals surface area contributed by atoms with Crippen molar-refractivity contribution in [2.45, 2.75) is 13.3 Å². The average Bonchev–Trinajstić information content (AvgIpc) is 2.23. The van der Waals surface area contributed by atoms with Gasteiger partial charge in [0.1, 0.15) is 5.92 Å². The second-order valence-corrected chi connectivity index (χ2v) is 4.48. The predicted octanol–water partition coefficient (Wildman–Crippen LogP) is 0.399. The van der Waals surface area contributed by atoms with Gasteiger partial charge >= 0.3 is 5.97 Å². The fourth-order valence-corrected chi connectivity index (χ4v) is 1.94. The molecular weight excluding hydrogens is 222 g/mol. The Balaban J connectivity index is 3.08. The third-order valence-corrected chi connectivity index (χ3v) is 2.77. The quantitative estimate of drug-likeness (QED) is 0.302. The van der Waals surface area contributed by atoms with Crippen LogP contribution in [-0.2, 0) is 19.1 Å². The van der Waals surface area contributed by atoms with Crippen molar-refractivity contribution < 1.29 is 19.1 Å². The van der Waals surface area contributed by atoms with Crippen molar-refractivity contribution >= 4 is 17.5 Å². The number of ketones is 2. The summed E-state index contributed by atoms with van der Waals surface area (Å²) in [4.78, 5) is 37.0. The highest BCUT2D eigenvalue weighted by molar-refractivity contribution is 6.26. The number of nitrogens with zero attached hydrogens (tertiary/aromatic N) is 1. The van der Waals surface area contributed by atoms with Crippen molar-refractivity contribution in [3.05, 3.63) is 11.8 Å². The van der Waals surface area contributed by atoms with E-state index in [4.69, 9.17) is 0 Å². The molecule has 1 rings (SSSR count). The summed E-state index contributed by atoms with van der Waals surface area (Å²) < 4.78 is 4.61. The van der Waals surface area contributed by atoms with Gasteiger partial charge in [0.25, 0.3) is 0 Å². The molecule has 0 aromatic rings. The summed E-state index contributed by atoms with van der Waals surface area (Å²) in [6.45, 7) is 1.71. The van der Waals surface area contributed by atoms with Crippen molar-refractivity contribution in [3.63, 3.8) is 0 Å². The van der Waals surface area contributed by atoms with E-state index in [2.05, 4.69) is 4.74 Å². The smallest absolute Gasteiger partial charge is 0.316 e. The lowest BCUT2D eigenvalue weighted by molar-refractivity contribution is -0.152. The standard InChI is InChI=1S/C12H17NO4/c1-7-5-9(14)8(6-13(2)3)11(15)10(7)12(16)17-4/h6-7,10H,5H2,1-4H3/b8-6-. The maximum Gasteiger partial charge on any atom is 0.316 e. The number of Topliss-reactive ketones (excluding diaryl/α,β-unsaturated/α-hetero) is 2. The monoisotopic (exact) mass is 239 g/mol. The molecule has 0 amide bonds. The third kappa shape index (κ3) is 2.72. The van der Waals surface area contributed by atoms with Gasteiger partial charge in [-0.05, 0) is 5.92 Å². The highest BCUT2D eigenvalue weighted by Gasteiger charge is 2.42. The first-order chi connectivity index (χ1) is 7.88. The highest BCUT2D eigenvalue weighted by Crippen LogP contribution is 2.29. The van der Waals surface area contributed by atoms with Gasteiger partial charge in [0.05, 0.1) is 12.7 Å². The van der Waals surface area contributed by atoms with Gasteiger partial charge in [-0.15, -0.1) is 0 Å². The number of hydrogen-bond acceptors (Lipinski definition) is 5. The first-order valence-corrected chi connectivity index (χ1v) is 5.42.